The fraction of sp³-hybridized carbons (Fsp3) is 0.900. The smallest absolute Gasteiger partial charge is 0.376 e. The van der Waals surface area contributed by atoms with Gasteiger partial charge in [-0.2, -0.15) is 0 Å². The summed E-state index contributed by atoms with van der Waals surface area (Å²) >= 11 is 0. The zero-order valence-corrected chi connectivity index (χ0v) is 18.3. The van der Waals surface area contributed by atoms with Gasteiger partial charge in [0.1, 0.15) is 0 Å². The molecule has 1 atom stereocenters. The van der Waals surface area contributed by atoms with Crippen LogP contribution in [0.15, 0.2) is 0 Å². The average molecular weight is 407 g/mol. The molecule has 0 unspecified atom stereocenters. The largest absolute Gasteiger partial charge is 0.437 e. The molecule has 0 spiro atoms. The molecule has 3 saturated heterocycles. The Morgan fingerprint density at radius 1 is 1.10 bits per heavy atom. The summed E-state index contributed by atoms with van der Waals surface area (Å²) in [7, 11) is -0.372. The van der Waals surface area contributed by atoms with Crippen molar-refractivity contribution < 1.29 is 14.6 Å². The molecule has 9 heteroatoms. The molecule has 0 bridgehead atoms. The highest BCUT2D eigenvalue weighted by molar-refractivity contribution is 6.45. The van der Waals surface area contributed by atoms with Gasteiger partial charge in [0.15, 0.2) is 0 Å². The lowest BCUT2D eigenvalue weighted by Crippen LogP contribution is -2.63. The van der Waals surface area contributed by atoms with E-state index in [9.17, 15) is 14.6 Å². The number of hydrogen-bond donors (Lipinski definition) is 2. The number of nitrogens with two attached hydrogens (primary N) is 1. The maximum Gasteiger partial charge on any atom is 0.376 e. The van der Waals surface area contributed by atoms with Crippen LogP contribution in [0.25, 0.3) is 0 Å². The number of likely N-dealkylation sites (tertiary alicyclic amines) is 1. The molecule has 0 aromatic carbocycles. The molecule has 3 heterocycles. The van der Waals surface area contributed by atoms with Gasteiger partial charge in [-0.25, -0.2) is 4.79 Å². The minimum Gasteiger partial charge on any atom is -0.437 e. The third-order valence-corrected chi connectivity index (χ3v) is 7.50. The standard InChI is InChI=1S/C20H38BN5O3/c1-16-15-24(20(2)6-10-25(11-7-20)21(3)29)12-13-26(16)18(27)14-17-4-8-23(9-5-17)19(22)28/h16-17,29H,4-15H2,1-3H3,(H2,22,28)/t16-/m0/s1. The molecule has 0 aromatic heterocycles. The van der Waals surface area contributed by atoms with Gasteiger partial charge in [-0.15, -0.1) is 0 Å². The molecule has 3 aliphatic rings. The van der Waals surface area contributed by atoms with Gasteiger partial charge < -0.3 is 25.4 Å². The number of hydrogen-bond acceptors (Lipinski definition) is 5. The van der Waals surface area contributed by atoms with Crippen LogP contribution in [-0.4, -0.2) is 101 Å². The highest BCUT2D eigenvalue weighted by Crippen LogP contribution is 2.31. The Balaban J connectivity index is 1.47. The number of urea groups is 1. The molecule has 0 radical (unpaired) electrons. The third-order valence-electron chi connectivity index (χ3n) is 7.50. The van der Waals surface area contributed by atoms with Gasteiger partial charge in [-0.05, 0) is 65.4 Å². The molecule has 8 nitrogen and oxygen atoms in total. The van der Waals surface area contributed by atoms with Crippen molar-refractivity contribution in [2.75, 3.05) is 45.8 Å². The summed E-state index contributed by atoms with van der Waals surface area (Å²) < 4.78 is 0. The first-order chi connectivity index (χ1) is 13.7. The van der Waals surface area contributed by atoms with E-state index in [1.54, 1.807) is 4.90 Å². The number of primary amides is 1. The van der Waals surface area contributed by atoms with E-state index in [0.717, 1.165) is 58.4 Å². The summed E-state index contributed by atoms with van der Waals surface area (Å²) in [5, 5.41) is 9.81. The zero-order valence-electron chi connectivity index (χ0n) is 18.3. The van der Waals surface area contributed by atoms with Crippen LogP contribution in [0.3, 0.4) is 0 Å². The molecule has 3 rings (SSSR count). The molecule has 3 N–H and O–H groups in total. The topological polar surface area (TPSA) is 93.3 Å². The third kappa shape index (κ3) is 5.24. The zero-order chi connectivity index (χ0) is 21.2. The summed E-state index contributed by atoms with van der Waals surface area (Å²) in [6.07, 6.45) is 4.41. The van der Waals surface area contributed by atoms with Gasteiger partial charge in [-0.1, -0.05) is 0 Å². The Morgan fingerprint density at radius 3 is 2.24 bits per heavy atom. The van der Waals surface area contributed by atoms with Crippen molar-refractivity contribution in [3.8, 4) is 0 Å². The van der Waals surface area contributed by atoms with E-state index in [4.69, 9.17) is 5.73 Å². The number of piperazine rings is 1. The van der Waals surface area contributed by atoms with Gasteiger partial charge in [0.05, 0.1) is 0 Å². The van der Waals surface area contributed by atoms with Crippen LogP contribution < -0.4 is 5.73 Å². The van der Waals surface area contributed by atoms with E-state index >= 15 is 0 Å². The molecule has 164 valence electrons. The second-order valence-electron chi connectivity index (χ2n) is 9.52. The number of carbonyl (C=O) groups is 2. The lowest BCUT2D eigenvalue weighted by molar-refractivity contribution is -0.138. The molecule has 29 heavy (non-hydrogen) atoms. The second kappa shape index (κ2) is 9.22. The Bertz CT molecular complexity index is 589. The first kappa shape index (κ1) is 22.4. The lowest BCUT2D eigenvalue weighted by atomic mass is 9.78. The van der Waals surface area contributed by atoms with Crippen LogP contribution in [0.1, 0.15) is 46.0 Å². The molecular formula is C20H38BN5O3. The summed E-state index contributed by atoms with van der Waals surface area (Å²) in [6.45, 7) is 12.1. The van der Waals surface area contributed by atoms with Crippen LogP contribution in [-0.2, 0) is 4.79 Å². The molecular weight excluding hydrogens is 369 g/mol. The molecule has 0 aromatic rings. The van der Waals surface area contributed by atoms with E-state index in [1.165, 1.54) is 0 Å². The Kier molecular flexibility index (Phi) is 7.12. The first-order valence-corrected chi connectivity index (χ1v) is 11.2. The van der Waals surface area contributed by atoms with Gasteiger partial charge in [0.25, 0.3) is 0 Å². The number of carbonyl (C=O) groups excluding carboxylic acids is 2. The Hall–Kier alpha value is -1.32. The first-order valence-electron chi connectivity index (χ1n) is 11.2. The summed E-state index contributed by atoms with van der Waals surface area (Å²) in [4.78, 5) is 32.6. The highest BCUT2D eigenvalue weighted by atomic mass is 16.2. The summed E-state index contributed by atoms with van der Waals surface area (Å²) in [5.74, 6) is 0.606. The Morgan fingerprint density at radius 2 is 1.72 bits per heavy atom. The summed E-state index contributed by atoms with van der Waals surface area (Å²) in [6, 6.07) is -0.138. The molecule has 3 fully saturated rings. The minimum atomic E-state index is -0.372. The van der Waals surface area contributed by atoms with E-state index < -0.39 is 0 Å². The molecule has 3 amide bonds. The number of rotatable bonds is 4. The van der Waals surface area contributed by atoms with Crippen LogP contribution in [0.2, 0.25) is 6.82 Å². The van der Waals surface area contributed by atoms with Crippen molar-refractivity contribution >= 4 is 19.0 Å². The maximum absolute atomic E-state index is 12.9. The molecule has 3 aliphatic heterocycles. The van der Waals surface area contributed by atoms with Crippen molar-refractivity contribution in [1.82, 2.24) is 19.5 Å². The Labute approximate surface area is 175 Å². The predicted molar refractivity (Wildman–Crippen MR) is 114 cm³/mol. The molecule has 0 saturated carbocycles. The van der Waals surface area contributed by atoms with E-state index in [0.29, 0.717) is 25.4 Å². The highest BCUT2D eigenvalue weighted by Gasteiger charge is 2.40. The average Bonchev–Trinajstić information content (AvgIpc) is 2.68. The molecule has 0 aliphatic carbocycles. The van der Waals surface area contributed by atoms with Crippen molar-refractivity contribution in [2.45, 2.75) is 64.4 Å². The fourth-order valence-electron chi connectivity index (χ4n) is 5.24. The number of amides is 3. The lowest BCUT2D eigenvalue weighted by Gasteiger charge is -2.52. The van der Waals surface area contributed by atoms with Crippen LogP contribution in [0, 0.1) is 5.92 Å². The SMILES string of the molecule is CB(O)N1CCC(C)(N2CCN(C(=O)CC3CCN(C(N)=O)CC3)[C@@H](C)C2)CC1. The quantitative estimate of drug-likeness (QED) is 0.668. The van der Waals surface area contributed by atoms with Gasteiger partial charge in [0, 0.05) is 50.7 Å². The van der Waals surface area contributed by atoms with Crippen molar-refractivity contribution in [2.24, 2.45) is 11.7 Å². The van der Waals surface area contributed by atoms with Gasteiger partial charge >= 0.3 is 13.1 Å². The van der Waals surface area contributed by atoms with Crippen LogP contribution in [0.4, 0.5) is 4.79 Å². The maximum atomic E-state index is 12.9. The van der Waals surface area contributed by atoms with Crippen molar-refractivity contribution in [1.29, 1.82) is 0 Å². The van der Waals surface area contributed by atoms with Crippen molar-refractivity contribution in [3.63, 3.8) is 0 Å². The second-order valence-corrected chi connectivity index (χ2v) is 9.52. The van der Waals surface area contributed by atoms with E-state index in [-0.39, 0.29) is 30.6 Å². The van der Waals surface area contributed by atoms with E-state index in [2.05, 4.69) is 28.5 Å². The van der Waals surface area contributed by atoms with Crippen LogP contribution >= 0.6 is 0 Å². The monoisotopic (exact) mass is 407 g/mol. The minimum absolute atomic E-state index is 0.149. The fourth-order valence-corrected chi connectivity index (χ4v) is 5.24. The van der Waals surface area contributed by atoms with Gasteiger partial charge in [-0.3, -0.25) is 9.69 Å². The number of nitrogens with zero attached hydrogens (tertiary/aromatic N) is 4. The van der Waals surface area contributed by atoms with E-state index in [1.807, 2.05) is 6.82 Å². The normalized spacial score (nSPS) is 27.1. The van der Waals surface area contributed by atoms with Crippen molar-refractivity contribution in [3.05, 3.63) is 0 Å². The number of piperidine rings is 2. The predicted octanol–water partition coefficient (Wildman–Crippen LogP) is 0.665. The summed E-state index contributed by atoms with van der Waals surface area (Å²) in [5.41, 5.74) is 5.50. The van der Waals surface area contributed by atoms with Gasteiger partial charge in [0.2, 0.25) is 5.91 Å². The van der Waals surface area contributed by atoms with Crippen LogP contribution in [0.5, 0.6) is 0 Å².